The number of aromatic nitrogens is 3. The number of carbonyl (C=O) groups excluding carboxylic acids is 1. The molecular formula is C15H21N5OS. The van der Waals surface area contributed by atoms with Crippen LogP contribution in [0.1, 0.15) is 18.3 Å². The predicted molar refractivity (Wildman–Crippen MR) is 89.0 cm³/mol. The number of rotatable bonds is 7. The van der Waals surface area contributed by atoms with E-state index in [9.17, 15) is 4.79 Å². The molecule has 22 heavy (non-hydrogen) atoms. The fourth-order valence-electron chi connectivity index (χ4n) is 1.93. The third-order valence-corrected chi connectivity index (χ3v) is 4.19. The second-order valence-corrected chi connectivity index (χ2v) is 5.77. The number of hydrogen-bond donors (Lipinski definition) is 2. The van der Waals surface area contributed by atoms with E-state index in [1.54, 1.807) is 7.05 Å². The number of anilines is 1. The van der Waals surface area contributed by atoms with E-state index in [4.69, 9.17) is 0 Å². The zero-order valence-electron chi connectivity index (χ0n) is 13.1. The SMILES string of the molecule is CCn1c(CNc2ccc(C)cc2)nnc1SCC(=O)NC. The van der Waals surface area contributed by atoms with Gasteiger partial charge in [0.25, 0.3) is 0 Å². The Balaban J connectivity index is 2.00. The second kappa shape index (κ2) is 7.84. The molecule has 7 heteroatoms. The number of nitrogens with one attached hydrogen (secondary N) is 2. The molecule has 0 spiro atoms. The molecule has 0 unspecified atom stereocenters. The molecule has 0 fully saturated rings. The van der Waals surface area contributed by atoms with Crippen LogP contribution in [0, 0.1) is 6.92 Å². The number of nitrogens with zero attached hydrogens (tertiary/aromatic N) is 3. The standard InChI is InChI=1S/C15H21N5OS/c1-4-20-13(9-17-12-7-5-11(2)6-8-12)18-19-15(20)22-10-14(21)16-3/h5-8,17H,4,9-10H2,1-3H3,(H,16,21). The Morgan fingerprint density at radius 1 is 1.27 bits per heavy atom. The predicted octanol–water partition coefficient (Wildman–Crippen LogP) is 2.06. The minimum absolute atomic E-state index is 0.0185. The van der Waals surface area contributed by atoms with Crippen LogP contribution in [0.4, 0.5) is 5.69 Å². The zero-order chi connectivity index (χ0) is 15.9. The summed E-state index contributed by atoms with van der Waals surface area (Å²) < 4.78 is 2.02. The van der Waals surface area contributed by atoms with Crippen molar-refractivity contribution >= 4 is 23.4 Å². The molecule has 0 aliphatic heterocycles. The third kappa shape index (κ3) is 4.24. The maximum atomic E-state index is 11.3. The fourth-order valence-corrected chi connectivity index (χ4v) is 2.82. The van der Waals surface area contributed by atoms with E-state index >= 15 is 0 Å². The smallest absolute Gasteiger partial charge is 0.230 e. The molecular weight excluding hydrogens is 298 g/mol. The van der Waals surface area contributed by atoms with Gasteiger partial charge in [0.15, 0.2) is 11.0 Å². The van der Waals surface area contributed by atoms with Gasteiger partial charge < -0.3 is 15.2 Å². The summed E-state index contributed by atoms with van der Waals surface area (Å²) in [6, 6.07) is 8.22. The summed E-state index contributed by atoms with van der Waals surface area (Å²) in [5.41, 5.74) is 2.28. The molecule has 0 atom stereocenters. The van der Waals surface area contributed by atoms with Gasteiger partial charge in [-0.05, 0) is 26.0 Å². The van der Waals surface area contributed by atoms with Crippen LogP contribution in [0.2, 0.25) is 0 Å². The summed E-state index contributed by atoms with van der Waals surface area (Å²) >= 11 is 1.40. The average Bonchev–Trinajstić information content (AvgIpc) is 2.94. The van der Waals surface area contributed by atoms with Crippen molar-refractivity contribution in [2.24, 2.45) is 0 Å². The topological polar surface area (TPSA) is 71.8 Å². The Kier molecular flexibility index (Phi) is 5.83. The van der Waals surface area contributed by atoms with Crippen molar-refractivity contribution in [3.05, 3.63) is 35.7 Å². The monoisotopic (exact) mass is 319 g/mol. The normalized spacial score (nSPS) is 10.5. The van der Waals surface area contributed by atoms with Crippen LogP contribution in [0.5, 0.6) is 0 Å². The van der Waals surface area contributed by atoms with Crippen molar-refractivity contribution in [2.75, 3.05) is 18.1 Å². The molecule has 0 radical (unpaired) electrons. The maximum Gasteiger partial charge on any atom is 0.230 e. The summed E-state index contributed by atoms with van der Waals surface area (Å²) in [6.45, 7) is 5.48. The molecule has 1 heterocycles. The van der Waals surface area contributed by atoms with Crippen molar-refractivity contribution in [3.8, 4) is 0 Å². The minimum Gasteiger partial charge on any atom is -0.378 e. The van der Waals surface area contributed by atoms with Crippen molar-refractivity contribution < 1.29 is 4.79 Å². The summed E-state index contributed by atoms with van der Waals surface area (Å²) in [5.74, 6) is 1.19. The molecule has 1 amide bonds. The molecule has 0 saturated carbocycles. The lowest BCUT2D eigenvalue weighted by molar-refractivity contribution is -0.118. The highest BCUT2D eigenvalue weighted by atomic mass is 32.2. The molecule has 2 rings (SSSR count). The number of hydrogen-bond acceptors (Lipinski definition) is 5. The first-order valence-corrected chi connectivity index (χ1v) is 8.18. The lowest BCUT2D eigenvalue weighted by atomic mass is 10.2. The Hall–Kier alpha value is -2.02. The zero-order valence-corrected chi connectivity index (χ0v) is 13.9. The number of aryl methyl sites for hydroxylation is 1. The first-order valence-electron chi connectivity index (χ1n) is 7.20. The van der Waals surface area contributed by atoms with Gasteiger partial charge in [0.05, 0.1) is 12.3 Å². The Bertz CT molecular complexity index is 623. The summed E-state index contributed by atoms with van der Waals surface area (Å²) in [7, 11) is 1.63. The Morgan fingerprint density at radius 2 is 2.00 bits per heavy atom. The molecule has 2 N–H and O–H groups in total. The largest absolute Gasteiger partial charge is 0.378 e. The maximum absolute atomic E-state index is 11.3. The average molecular weight is 319 g/mol. The quantitative estimate of drug-likeness (QED) is 0.764. The van der Waals surface area contributed by atoms with Gasteiger partial charge in [-0.2, -0.15) is 0 Å². The van der Waals surface area contributed by atoms with Crippen LogP contribution >= 0.6 is 11.8 Å². The van der Waals surface area contributed by atoms with Crippen LogP contribution in [-0.2, 0) is 17.9 Å². The van der Waals surface area contributed by atoms with Gasteiger partial charge in [0.1, 0.15) is 0 Å². The Morgan fingerprint density at radius 3 is 2.64 bits per heavy atom. The first kappa shape index (κ1) is 16.4. The van der Waals surface area contributed by atoms with Crippen LogP contribution in [-0.4, -0.2) is 33.5 Å². The molecule has 1 aromatic carbocycles. The molecule has 1 aromatic heterocycles. The van der Waals surface area contributed by atoms with Gasteiger partial charge in [-0.25, -0.2) is 0 Å². The highest BCUT2D eigenvalue weighted by Crippen LogP contribution is 2.17. The Labute approximate surface area is 134 Å². The minimum atomic E-state index is -0.0185. The van der Waals surface area contributed by atoms with Gasteiger partial charge in [-0.15, -0.1) is 10.2 Å². The molecule has 0 aliphatic carbocycles. The lowest BCUT2D eigenvalue weighted by Crippen LogP contribution is -2.20. The summed E-state index contributed by atoms with van der Waals surface area (Å²) in [6.07, 6.45) is 0. The number of amides is 1. The van der Waals surface area contributed by atoms with Gasteiger partial charge >= 0.3 is 0 Å². The fraction of sp³-hybridized carbons (Fsp3) is 0.400. The van der Waals surface area contributed by atoms with Crippen molar-refractivity contribution in [2.45, 2.75) is 32.1 Å². The lowest BCUT2D eigenvalue weighted by Gasteiger charge is -2.09. The van der Waals surface area contributed by atoms with Crippen molar-refractivity contribution in [1.29, 1.82) is 0 Å². The highest BCUT2D eigenvalue weighted by Gasteiger charge is 2.12. The van der Waals surface area contributed by atoms with E-state index in [1.165, 1.54) is 17.3 Å². The van der Waals surface area contributed by atoms with Crippen LogP contribution in [0.25, 0.3) is 0 Å². The van der Waals surface area contributed by atoms with E-state index in [0.29, 0.717) is 12.3 Å². The van der Waals surface area contributed by atoms with Gasteiger partial charge in [-0.3, -0.25) is 4.79 Å². The van der Waals surface area contributed by atoms with E-state index in [-0.39, 0.29) is 5.91 Å². The summed E-state index contributed by atoms with van der Waals surface area (Å²) in [4.78, 5) is 11.3. The number of carbonyl (C=O) groups is 1. The van der Waals surface area contributed by atoms with Gasteiger partial charge in [0.2, 0.25) is 5.91 Å². The molecule has 0 bridgehead atoms. The van der Waals surface area contributed by atoms with Crippen LogP contribution < -0.4 is 10.6 Å². The van der Waals surface area contributed by atoms with E-state index in [2.05, 4.69) is 39.9 Å². The van der Waals surface area contributed by atoms with E-state index < -0.39 is 0 Å². The first-order chi connectivity index (χ1) is 10.6. The second-order valence-electron chi connectivity index (χ2n) is 4.82. The third-order valence-electron chi connectivity index (χ3n) is 3.22. The number of benzene rings is 1. The van der Waals surface area contributed by atoms with Crippen LogP contribution in [0.3, 0.4) is 0 Å². The van der Waals surface area contributed by atoms with E-state index in [0.717, 1.165) is 23.2 Å². The van der Waals surface area contributed by atoms with E-state index in [1.807, 2.05) is 23.6 Å². The molecule has 2 aromatic rings. The summed E-state index contributed by atoms with van der Waals surface area (Å²) in [5, 5.41) is 15.1. The molecule has 118 valence electrons. The van der Waals surface area contributed by atoms with Crippen molar-refractivity contribution in [3.63, 3.8) is 0 Å². The number of thioether (sulfide) groups is 1. The van der Waals surface area contributed by atoms with Crippen LogP contribution in [0.15, 0.2) is 29.4 Å². The molecule has 0 aliphatic rings. The van der Waals surface area contributed by atoms with Crippen molar-refractivity contribution in [1.82, 2.24) is 20.1 Å². The molecule has 0 saturated heterocycles. The molecule has 6 nitrogen and oxygen atoms in total. The van der Waals surface area contributed by atoms with Gasteiger partial charge in [-0.1, -0.05) is 29.5 Å². The highest BCUT2D eigenvalue weighted by molar-refractivity contribution is 7.99. The van der Waals surface area contributed by atoms with Gasteiger partial charge in [0, 0.05) is 19.3 Å².